The summed E-state index contributed by atoms with van der Waals surface area (Å²) in [4.78, 5) is 28.8. The summed E-state index contributed by atoms with van der Waals surface area (Å²) in [7, 11) is 1.69. The molecular formula is C25H28N6O3. The molecule has 2 atom stereocenters. The third-order valence-corrected chi connectivity index (χ3v) is 6.34. The van der Waals surface area contributed by atoms with Gasteiger partial charge in [-0.05, 0) is 42.2 Å². The molecule has 0 radical (unpaired) electrons. The van der Waals surface area contributed by atoms with Crippen LogP contribution in [-0.4, -0.2) is 51.2 Å². The second-order valence-corrected chi connectivity index (χ2v) is 9.13. The molecule has 5 rings (SSSR count). The fourth-order valence-corrected chi connectivity index (χ4v) is 4.47. The van der Waals surface area contributed by atoms with Crippen molar-refractivity contribution in [1.82, 2.24) is 25.0 Å². The van der Waals surface area contributed by atoms with Gasteiger partial charge in [0.1, 0.15) is 18.5 Å². The van der Waals surface area contributed by atoms with Gasteiger partial charge in [-0.25, -0.2) is 4.79 Å². The van der Waals surface area contributed by atoms with Crippen LogP contribution in [0.15, 0.2) is 54.6 Å². The summed E-state index contributed by atoms with van der Waals surface area (Å²) in [6.45, 7) is 5.42. The lowest BCUT2D eigenvalue weighted by Crippen LogP contribution is -2.61. The number of imide groups is 1. The Kier molecular flexibility index (Phi) is 5.69. The number of hydrogen-bond donors (Lipinski definition) is 1. The minimum Gasteiger partial charge on any atom is -0.489 e. The van der Waals surface area contributed by atoms with Crippen molar-refractivity contribution < 1.29 is 14.3 Å². The molecule has 1 fully saturated rings. The highest BCUT2D eigenvalue weighted by Gasteiger charge is 2.52. The zero-order chi connectivity index (χ0) is 23.8. The first-order valence-corrected chi connectivity index (χ1v) is 11.5. The van der Waals surface area contributed by atoms with Gasteiger partial charge in [-0.3, -0.25) is 14.7 Å². The van der Waals surface area contributed by atoms with E-state index in [1.165, 1.54) is 0 Å². The van der Waals surface area contributed by atoms with Crippen LogP contribution in [0.25, 0.3) is 11.4 Å². The van der Waals surface area contributed by atoms with Gasteiger partial charge < -0.3 is 14.5 Å². The number of carbonyl (C=O) groups is 2. The maximum Gasteiger partial charge on any atom is 0.325 e. The number of rotatable bonds is 7. The van der Waals surface area contributed by atoms with Crippen LogP contribution in [0.4, 0.5) is 10.7 Å². The molecule has 2 aliphatic rings. The maximum atomic E-state index is 12.9. The van der Waals surface area contributed by atoms with E-state index in [-0.39, 0.29) is 5.91 Å². The third-order valence-electron chi connectivity index (χ3n) is 6.34. The van der Waals surface area contributed by atoms with Gasteiger partial charge in [0.25, 0.3) is 5.91 Å². The second-order valence-electron chi connectivity index (χ2n) is 9.13. The van der Waals surface area contributed by atoms with Crippen LogP contribution in [0.5, 0.6) is 5.75 Å². The van der Waals surface area contributed by atoms with E-state index in [0.717, 1.165) is 23.3 Å². The number of anilines is 1. The van der Waals surface area contributed by atoms with E-state index >= 15 is 0 Å². The SMILES string of the molecule is CC(C)CCN1c2nnc(-c3ccc(OCc4ccccc4)cc3)n2C2C1C(=O)NC(=O)N2C. The van der Waals surface area contributed by atoms with Crippen molar-refractivity contribution in [1.29, 1.82) is 0 Å². The molecule has 0 saturated carbocycles. The normalized spacial score (nSPS) is 19.3. The molecule has 34 heavy (non-hydrogen) atoms. The van der Waals surface area contributed by atoms with Crippen molar-refractivity contribution in [2.75, 3.05) is 18.5 Å². The van der Waals surface area contributed by atoms with E-state index in [0.29, 0.717) is 30.8 Å². The van der Waals surface area contributed by atoms with Gasteiger partial charge in [-0.15, -0.1) is 10.2 Å². The fourth-order valence-electron chi connectivity index (χ4n) is 4.47. The molecule has 2 unspecified atom stereocenters. The van der Waals surface area contributed by atoms with Crippen LogP contribution < -0.4 is 15.0 Å². The third kappa shape index (κ3) is 3.87. The Labute approximate surface area is 198 Å². The molecule has 2 aliphatic heterocycles. The van der Waals surface area contributed by atoms with Crippen molar-refractivity contribution in [2.24, 2.45) is 5.92 Å². The van der Waals surface area contributed by atoms with Crippen LogP contribution in [-0.2, 0) is 11.4 Å². The van der Waals surface area contributed by atoms with Crippen molar-refractivity contribution in [3.05, 3.63) is 60.2 Å². The molecule has 1 saturated heterocycles. The zero-order valence-electron chi connectivity index (χ0n) is 19.5. The molecule has 9 heteroatoms. The number of ether oxygens (including phenoxy) is 1. The van der Waals surface area contributed by atoms with Gasteiger partial charge in [0.2, 0.25) is 5.95 Å². The largest absolute Gasteiger partial charge is 0.489 e. The van der Waals surface area contributed by atoms with E-state index < -0.39 is 18.2 Å². The van der Waals surface area contributed by atoms with Crippen LogP contribution in [0.1, 0.15) is 32.0 Å². The summed E-state index contributed by atoms with van der Waals surface area (Å²) in [6, 6.07) is 16.7. The van der Waals surface area contributed by atoms with Crippen molar-refractivity contribution in [3.8, 4) is 17.1 Å². The van der Waals surface area contributed by atoms with Gasteiger partial charge in [-0.1, -0.05) is 44.2 Å². The summed E-state index contributed by atoms with van der Waals surface area (Å²) in [5, 5.41) is 11.3. The highest BCUT2D eigenvalue weighted by Crippen LogP contribution is 2.41. The number of nitrogens with zero attached hydrogens (tertiary/aromatic N) is 5. The second kappa shape index (κ2) is 8.81. The van der Waals surface area contributed by atoms with Gasteiger partial charge in [0.05, 0.1) is 0 Å². The number of nitrogens with one attached hydrogen (secondary N) is 1. The first kappa shape index (κ1) is 21.9. The Bertz CT molecular complexity index is 1190. The monoisotopic (exact) mass is 460 g/mol. The number of likely N-dealkylation sites (N-methyl/N-ethyl adjacent to an activating group) is 1. The molecule has 2 aromatic carbocycles. The fraction of sp³-hybridized carbons (Fsp3) is 0.360. The highest BCUT2D eigenvalue weighted by molar-refractivity contribution is 6.02. The Morgan fingerprint density at radius 2 is 1.76 bits per heavy atom. The Balaban J connectivity index is 1.44. The maximum absolute atomic E-state index is 12.9. The number of fused-ring (bicyclic) bond motifs is 3. The van der Waals surface area contributed by atoms with Crippen molar-refractivity contribution in [2.45, 2.75) is 39.1 Å². The summed E-state index contributed by atoms with van der Waals surface area (Å²) in [5.74, 6) is 2.12. The molecule has 3 amide bonds. The van der Waals surface area contributed by atoms with Crippen molar-refractivity contribution >= 4 is 17.9 Å². The quantitative estimate of drug-likeness (QED) is 0.581. The summed E-state index contributed by atoms with van der Waals surface area (Å²) in [5.41, 5.74) is 1.93. The van der Waals surface area contributed by atoms with Gasteiger partial charge in [-0.2, -0.15) is 0 Å². The number of amides is 3. The number of hydrogen-bond acceptors (Lipinski definition) is 6. The lowest BCUT2D eigenvalue weighted by atomic mass is 10.1. The Morgan fingerprint density at radius 1 is 1.03 bits per heavy atom. The summed E-state index contributed by atoms with van der Waals surface area (Å²) in [6.07, 6.45) is 0.381. The molecule has 3 heterocycles. The number of urea groups is 1. The summed E-state index contributed by atoms with van der Waals surface area (Å²) >= 11 is 0. The number of aromatic nitrogens is 3. The van der Waals surface area contributed by atoms with E-state index in [4.69, 9.17) is 4.74 Å². The van der Waals surface area contributed by atoms with E-state index in [1.807, 2.05) is 64.1 Å². The van der Waals surface area contributed by atoms with Gasteiger partial charge in [0.15, 0.2) is 11.9 Å². The molecule has 0 aliphatic carbocycles. The van der Waals surface area contributed by atoms with E-state index in [9.17, 15) is 9.59 Å². The molecular weight excluding hydrogens is 432 g/mol. The minimum absolute atomic E-state index is 0.307. The Morgan fingerprint density at radius 3 is 2.47 bits per heavy atom. The smallest absolute Gasteiger partial charge is 0.325 e. The predicted octanol–water partition coefficient (Wildman–Crippen LogP) is 3.44. The molecule has 9 nitrogen and oxygen atoms in total. The average molecular weight is 461 g/mol. The molecule has 0 bridgehead atoms. The number of carbonyl (C=O) groups excluding carboxylic acids is 2. The van der Waals surface area contributed by atoms with Gasteiger partial charge >= 0.3 is 6.03 Å². The topological polar surface area (TPSA) is 92.6 Å². The first-order chi connectivity index (χ1) is 16.4. The van der Waals surface area contributed by atoms with E-state index in [2.05, 4.69) is 29.4 Å². The summed E-state index contributed by atoms with van der Waals surface area (Å²) < 4.78 is 7.81. The van der Waals surface area contributed by atoms with Crippen LogP contribution >= 0.6 is 0 Å². The van der Waals surface area contributed by atoms with Crippen LogP contribution in [0.2, 0.25) is 0 Å². The molecule has 1 N–H and O–H groups in total. The van der Waals surface area contributed by atoms with Crippen LogP contribution in [0, 0.1) is 5.92 Å². The molecule has 3 aromatic rings. The lowest BCUT2D eigenvalue weighted by molar-refractivity contribution is -0.124. The molecule has 1 aromatic heterocycles. The molecule has 176 valence electrons. The van der Waals surface area contributed by atoms with Crippen LogP contribution in [0.3, 0.4) is 0 Å². The molecule has 0 spiro atoms. The Hall–Kier alpha value is -3.88. The zero-order valence-corrected chi connectivity index (χ0v) is 19.5. The highest BCUT2D eigenvalue weighted by atomic mass is 16.5. The predicted molar refractivity (Wildman–Crippen MR) is 127 cm³/mol. The van der Waals surface area contributed by atoms with Crippen molar-refractivity contribution in [3.63, 3.8) is 0 Å². The first-order valence-electron chi connectivity index (χ1n) is 11.5. The van der Waals surface area contributed by atoms with Gasteiger partial charge in [0, 0.05) is 19.2 Å². The lowest BCUT2D eigenvalue weighted by Gasteiger charge is -2.37. The van der Waals surface area contributed by atoms with E-state index in [1.54, 1.807) is 11.9 Å². The standard InChI is InChI=1S/C25H28N6O3/c1-16(2)13-14-30-20-22(32)26-25(33)29(3)23(20)31-21(27-28-24(30)31)18-9-11-19(12-10-18)34-15-17-7-5-4-6-8-17/h4-12,16,20,23H,13-15H2,1-3H3,(H,26,32,33). The minimum atomic E-state index is -0.542. The average Bonchev–Trinajstić information content (AvgIpc) is 3.40. The number of benzene rings is 2.